The van der Waals surface area contributed by atoms with Gasteiger partial charge in [0.05, 0.1) is 12.6 Å². The van der Waals surface area contributed by atoms with Gasteiger partial charge in [-0.25, -0.2) is 9.97 Å². The average molecular weight is 278 g/mol. The zero-order chi connectivity index (χ0) is 13.8. The molecule has 0 radical (unpaired) electrons. The van der Waals surface area contributed by atoms with Crippen molar-refractivity contribution >= 4 is 17.4 Å². The molecule has 0 aliphatic carbocycles. The summed E-state index contributed by atoms with van der Waals surface area (Å²) in [5, 5.41) is 9.59. The van der Waals surface area contributed by atoms with E-state index in [9.17, 15) is 5.11 Å². The van der Waals surface area contributed by atoms with E-state index in [4.69, 9.17) is 11.6 Å². The predicted octanol–water partition coefficient (Wildman–Crippen LogP) is 2.61. The van der Waals surface area contributed by atoms with Crippen LogP contribution < -0.4 is 4.90 Å². The summed E-state index contributed by atoms with van der Waals surface area (Å²) in [6.45, 7) is 1.97. The average Bonchev–Trinajstić information content (AvgIpc) is 2.46. The van der Waals surface area contributed by atoms with Crippen LogP contribution in [0.2, 0.25) is 5.15 Å². The smallest absolute Gasteiger partial charge is 0.163 e. The van der Waals surface area contributed by atoms with Crippen molar-refractivity contribution in [3.8, 4) is 11.4 Å². The first kappa shape index (κ1) is 13.8. The van der Waals surface area contributed by atoms with E-state index in [1.54, 1.807) is 6.07 Å². The van der Waals surface area contributed by atoms with Gasteiger partial charge in [-0.05, 0) is 6.92 Å². The van der Waals surface area contributed by atoms with Gasteiger partial charge >= 0.3 is 0 Å². The Labute approximate surface area is 117 Å². The lowest BCUT2D eigenvalue weighted by Crippen LogP contribution is -2.32. The van der Waals surface area contributed by atoms with Gasteiger partial charge in [0.1, 0.15) is 11.0 Å². The minimum Gasteiger partial charge on any atom is -0.394 e. The molecule has 0 spiro atoms. The van der Waals surface area contributed by atoms with E-state index in [-0.39, 0.29) is 12.6 Å². The summed E-state index contributed by atoms with van der Waals surface area (Å²) in [4.78, 5) is 10.6. The molecule has 1 N–H and O–H groups in total. The van der Waals surface area contributed by atoms with E-state index in [2.05, 4.69) is 9.97 Å². The Morgan fingerprint density at radius 3 is 2.58 bits per heavy atom. The van der Waals surface area contributed by atoms with Gasteiger partial charge in [-0.3, -0.25) is 0 Å². The molecule has 4 nitrogen and oxygen atoms in total. The lowest BCUT2D eigenvalue weighted by atomic mass is 10.2. The van der Waals surface area contributed by atoms with Crippen LogP contribution in [0.25, 0.3) is 11.4 Å². The Bertz CT molecular complexity index is 548. The SMILES string of the molecule is CC(CO)N(C)c1cc(Cl)nc(-c2ccccc2)n1. The summed E-state index contributed by atoms with van der Waals surface area (Å²) in [6.07, 6.45) is 0. The van der Waals surface area contributed by atoms with Gasteiger partial charge in [0.2, 0.25) is 0 Å². The molecule has 1 aromatic carbocycles. The molecule has 0 fully saturated rings. The molecule has 2 aromatic rings. The van der Waals surface area contributed by atoms with Crippen molar-refractivity contribution < 1.29 is 5.11 Å². The zero-order valence-corrected chi connectivity index (χ0v) is 11.7. The molecule has 100 valence electrons. The second kappa shape index (κ2) is 5.99. The number of aliphatic hydroxyl groups excluding tert-OH is 1. The maximum atomic E-state index is 9.20. The van der Waals surface area contributed by atoms with Crippen molar-refractivity contribution in [3.63, 3.8) is 0 Å². The Balaban J connectivity index is 2.40. The molecule has 0 bridgehead atoms. The Kier molecular flexibility index (Phi) is 4.35. The summed E-state index contributed by atoms with van der Waals surface area (Å²) in [7, 11) is 1.87. The van der Waals surface area contributed by atoms with E-state index < -0.39 is 0 Å². The predicted molar refractivity (Wildman–Crippen MR) is 77.4 cm³/mol. The highest BCUT2D eigenvalue weighted by Gasteiger charge is 2.13. The molecule has 1 atom stereocenters. The summed E-state index contributed by atoms with van der Waals surface area (Å²) in [5.74, 6) is 1.28. The second-order valence-electron chi connectivity index (χ2n) is 4.38. The lowest BCUT2D eigenvalue weighted by Gasteiger charge is -2.24. The molecule has 0 amide bonds. The summed E-state index contributed by atoms with van der Waals surface area (Å²) < 4.78 is 0. The minimum atomic E-state index is -0.0328. The Hall–Kier alpha value is -1.65. The Morgan fingerprint density at radius 1 is 1.26 bits per heavy atom. The Morgan fingerprint density at radius 2 is 1.95 bits per heavy atom. The van der Waals surface area contributed by atoms with Gasteiger partial charge < -0.3 is 10.0 Å². The summed E-state index contributed by atoms with van der Waals surface area (Å²) >= 11 is 6.05. The quantitative estimate of drug-likeness (QED) is 0.873. The minimum absolute atomic E-state index is 0.0328. The van der Waals surface area contributed by atoms with Crippen molar-refractivity contribution in [2.45, 2.75) is 13.0 Å². The number of benzene rings is 1. The van der Waals surface area contributed by atoms with E-state index >= 15 is 0 Å². The van der Waals surface area contributed by atoms with Crippen molar-refractivity contribution in [2.24, 2.45) is 0 Å². The number of likely N-dealkylation sites (N-methyl/N-ethyl adjacent to an activating group) is 1. The number of anilines is 1. The van der Waals surface area contributed by atoms with Crippen LogP contribution in [0.5, 0.6) is 0 Å². The van der Waals surface area contributed by atoms with E-state index in [0.717, 1.165) is 5.56 Å². The third-order valence-electron chi connectivity index (χ3n) is 3.00. The number of rotatable bonds is 4. The van der Waals surface area contributed by atoms with Crippen LogP contribution in [0.4, 0.5) is 5.82 Å². The van der Waals surface area contributed by atoms with Crippen molar-refractivity contribution in [1.82, 2.24) is 9.97 Å². The first-order valence-electron chi connectivity index (χ1n) is 6.05. The highest BCUT2D eigenvalue weighted by Crippen LogP contribution is 2.22. The highest BCUT2D eigenvalue weighted by molar-refractivity contribution is 6.29. The fourth-order valence-electron chi connectivity index (χ4n) is 1.65. The lowest BCUT2D eigenvalue weighted by molar-refractivity contribution is 0.270. The van der Waals surface area contributed by atoms with Gasteiger partial charge in [-0.2, -0.15) is 0 Å². The second-order valence-corrected chi connectivity index (χ2v) is 4.77. The van der Waals surface area contributed by atoms with Gasteiger partial charge in [0.15, 0.2) is 5.82 Å². The maximum Gasteiger partial charge on any atom is 0.163 e. The highest BCUT2D eigenvalue weighted by atomic mass is 35.5. The van der Waals surface area contributed by atoms with Gasteiger partial charge in [-0.15, -0.1) is 0 Å². The van der Waals surface area contributed by atoms with Crippen molar-refractivity contribution in [1.29, 1.82) is 0 Å². The van der Waals surface area contributed by atoms with Crippen LogP contribution in [0.15, 0.2) is 36.4 Å². The van der Waals surface area contributed by atoms with Gasteiger partial charge in [0.25, 0.3) is 0 Å². The van der Waals surface area contributed by atoms with Crippen molar-refractivity contribution in [2.75, 3.05) is 18.6 Å². The molecule has 1 unspecified atom stereocenters. The third kappa shape index (κ3) is 3.22. The van der Waals surface area contributed by atoms with Crippen LogP contribution in [0.3, 0.4) is 0 Å². The molecule has 0 saturated carbocycles. The van der Waals surface area contributed by atoms with Crippen LogP contribution in [-0.2, 0) is 0 Å². The van der Waals surface area contributed by atoms with Crippen LogP contribution >= 0.6 is 11.6 Å². The molecular weight excluding hydrogens is 262 g/mol. The molecule has 5 heteroatoms. The topological polar surface area (TPSA) is 49.2 Å². The van der Waals surface area contributed by atoms with Crippen molar-refractivity contribution in [3.05, 3.63) is 41.6 Å². The van der Waals surface area contributed by atoms with E-state index in [1.165, 1.54) is 0 Å². The van der Waals surface area contributed by atoms with Crippen LogP contribution in [0, 0.1) is 0 Å². The number of halogens is 1. The molecule has 1 aromatic heterocycles. The number of aliphatic hydroxyl groups is 1. The van der Waals surface area contributed by atoms with E-state index in [0.29, 0.717) is 16.8 Å². The number of hydrogen-bond donors (Lipinski definition) is 1. The molecule has 2 rings (SSSR count). The maximum absolute atomic E-state index is 9.20. The number of hydrogen-bond acceptors (Lipinski definition) is 4. The molecule has 0 aliphatic heterocycles. The number of nitrogens with zero attached hydrogens (tertiary/aromatic N) is 3. The molecule has 1 heterocycles. The normalized spacial score (nSPS) is 12.2. The molecular formula is C14H16ClN3O. The van der Waals surface area contributed by atoms with Gasteiger partial charge in [0, 0.05) is 18.7 Å². The first-order valence-corrected chi connectivity index (χ1v) is 6.43. The van der Waals surface area contributed by atoms with E-state index in [1.807, 2.05) is 49.2 Å². The number of aromatic nitrogens is 2. The van der Waals surface area contributed by atoms with Gasteiger partial charge in [-0.1, -0.05) is 41.9 Å². The van der Waals surface area contributed by atoms with Crippen LogP contribution in [0.1, 0.15) is 6.92 Å². The largest absolute Gasteiger partial charge is 0.394 e. The first-order chi connectivity index (χ1) is 9.11. The summed E-state index contributed by atoms with van der Waals surface area (Å²) in [6, 6.07) is 11.3. The monoisotopic (exact) mass is 277 g/mol. The summed E-state index contributed by atoms with van der Waals surface area (Å²) in [5.41, 5.74) is 0.913. The zero-order valence-electron chi connectivity index (χ0n) is 10.9. The fraction of sp³-hybridized carbons (Fsp3) is 0.286. The van der Waals surface area contributed by atoms with Crippen LogP contribution in [-0.4, -0.2) is 34.8 Å². The fourth-order valence-corrected chi connectivity index (χ4v) is 1.83. The molecule has 19 heavy (non-hydrogen) atoms. The third-order valence-corrected chi connectivity index (χ3v) is 3.19. The standard InChI is InChI=1S/C14H16ClN3O/c1-10(9-19)18(2)13-8-12(15)16-14(17-13)11-6-4-3-5-7-11/h3-8,10,19H,9H2,1-2H3. The molecule has 0 saturated heterocycles. The molecule has 0 aliphatic rings.